The molecule has 2 aliphatic rings. The van der Waals surface area contributed by atoms with Gasteiger partial charge >= 0.3 is 6.03 Å². The highest BCUT2D eigenvalue weighted by molar-refractivity contribution is 6.03. The van der Waals surface area contributed by atoms with E-state index in [-0.39, 0.29) is 24.0 Å². The van der Waals surface area contributed by atoms with E-state index < -0.39 is 17.7 Å². The smallest absolute Gasteiger partial charge is 0.327 e. The van der Waals surface area contributed by atoms with E-state index >= 15 is 0 Å². The van der Waals surface area contributed by atoms with Crippen LogP contribution in [0.15, 0.2) is 48.5 Å². The molecule has 0 unspecified atom stereocenters. The topological polar surface area (TPSA) is 111 Å². The summed E-state index contributed by atoms with van der Waals surface area (Å²) in [4.78, 5) is 43.0. The molecular formula is C33H46N4O5. The maximum Gasteiger partial charge on any atom is 0.327 e. The summed E-state index contributed by atoms with van der Waals surface area (Å²) in [6.45, 7) is 10.9. The second kappa shape index (κ2) is 14.2. The van der Waals surface area contributed by atoms with Crippen LogP contribution in [-0.4, -0.2) is 71.3 Å². The summed E-state index contributed by atoms with van der Waals surface area (Å²) in [5.74, 6) is 0.0879. The molecule has 9 heteroatoms. The number of ether oxygens (including phenoxy) is 1. The molecule has 2 saturated heterocycles. The Hall–Kier alpha value is -3.43. The Morgan fingerprint density at radius 1 is 1.02 bits per heavy atom. The normalized spacial score (nSPS) is 19.6. The molecule has 0 bridgehead atoms. The molecule has 0 aromatic heterocycles. The highest BCUT2D eigenvalue weighted by Crippen LogP contribution is 2.46. The SMILES string of the molecule is CCC[C@H](NC(=O)N1C(=O)C(CC)(CC)[C@@H]1Oc1ccc(C(=O)NCCN2CCC(O)CC2)cc1)c1ccc(C)cc1. The second-order valence-electron chi connectivity index (χ2n) is 11.6. The number of aliphatic hydroxyl groups is 1. The molecule has 228 valence electrons. The van der Waals surface area contributed by atoms with Crippen molar-refractivity contribution in [3.63, 3.8) is 0 Å². The van der Waals surface area contributed by atoms with Crippen molar-refractivity contribution in [2.45, 2.75) is 84.6 Å². The average molecular weight is 579 g/mol. The standard InChI is InChI=1S/C33H46N4O5/c1-5-8-28(24-11-9-23(4)10-12-24)35-32(41)37-30(40)33(6-2,7-3)31(37)42-27-15-13-25(14-16-27)29(39)34-19-22-36-20-17-26(38)18-21-36/h9-16,26,28,31,38H,5-8,17-22H2,1-4H3,(H,34,39)(H,35,41)/t28-,31-/m0/s1. The number of hydrogen-bond acceptors (Lipinski definition) is 6. The Kier molecular flexibility index (Phi) is 10.6. The summed E-state index contributed by atoms with van der Waals surface area (Å²) in [5.41, 5.74) is 1.86. The van der Waals surface area contributed by atoms with Crippen LogP contribution >= 0.6 is 0 Å². The quantitative estimate of drug-likeness (QED) is 0.313. The zero-order chi connectivity index (χ0) is 30.3. The monoisotopic (exact) mass is 578 g/mol. The van der Waals surface area contributed by atoms with Gasteiger partial charge < -0.3 is 25.4 Å². The van der Waals surface area contributed by atoms with Gasteiger partial charge in [-0.25, -0.2) is 9.69 Å². The Morgan fingerprint density at radius 3 is 2.26 bits per heavy atom. The first-order chi connectivity index (χ1) is 20.2. The third-order valence-corrected chi connectivity index (χ3v) is 8.82. The van der Waals surface area contributed by atoms with Crippen molar-refractivity contribution in [3.05, 3.63) is 65.2 Å². The van der Waals surface area contributed by atoms with Crippen LogP contribution in [0, 0.1) is 12.3 Å². The third-order valence-electron chi connectivity index (χ3n) is 8.82. The highest BCUT2D eigenvalue weighted by atomic mass is 16.5. The van der Waals surface area contributed by atoms with Gasteiger partial charge in [-0.15, -0.1) is 0 Å². The summed E-state index contributed by atoms with van der Waals surface area (Å²) in [6.07, 6.45) is 3.29. The van der Waals surface area contributed by atoms with Gasteiger partial charge in [0.05, 0.1) is 12.1 Å². The summed E-state index contributed by atoms with van der Waals surface area (Å²) < 4.78 is 6.30. The van der Waals surface area contributed by atoms with Crippen molar-refractivity contribution in [2.75, 3.05) is 26.2 Å². The van der Waals surface area contributed by atoms with Crippen molar-refractivity contribution < 1.29 is 24.2 Å². The number of amides is 4. The molecule has 2 aromatic carbocycles. The molecule has 4 rings (SSSR count). The van der Waals surface area contributed by atoms with Crippen molar-refractivity contribution in [2.24, 2.45) is 5.41 Å². The van der Waals surface area contributed by atoms with Crippen molar-refractivity contribution in [1.82, 2.24) is 20.4 Å². The molecule has 9 nitrogen and oxygen atoms in total. The van der Waals surface area contributed by atoms with Gasteiger partial charge in [-0.05, 0) is 68.9 Å². The number of β-lactam (4-membered cyclic amide) rings is 1. The number of carbonyl (C=O) groups excluding carboxylic acids is 3. The number of aryl methyl sites for hydroxylation is 1. The number of carbonyl (C=O) groups is 3. The van der Waals surface area contributed by atoms with E-state index in [0.29, 0.717) is 30.7 Å². The van der Waals surface area contributed by atoms with E-state index in [1.165, 1.54) is 4.90 Å². The molecule has 2 aliphatic heterocycles. The van der Waals surface area contributed by atoms with Crippen LogP contribution < -0.4 is 15.4 Å². The molecule has 3 N–H and O–H groups in total. The molecule has 0 radical (unpaired) electrons. The number of nitrogens with one attached hydrogen (secondary N) is 2. The summed E-state index contributed by atoms with van der Waals surface area (Å²) in [7, 11) is 0. The Morgan fingerprint density at radius 2 is 1.67 bits per heavy atom. The van der Waals surface area contributed by atoms with Crippen LogP contribution in [0.3, 0.4) is 0 Å². The van der Waals surface area contributed by atoms with Crippen LogP contribution in [0.5, 0.6) is 5.75 Å². The summed E-state index contributed by atoms with van der Waals surface area (Å²) in [5, 5.41) is 15.7. The lowest BCUT2D eigenvalue weighted by molar-refractivity contribution is -0.191. The number of aliphatic hydroxyl groups excluding tert-OH is 1. The summed E-state index contributed by atoms with van der Waals surface area (Å²) in [6, 6.07) is 14.2. The summed E-state index contributed by atoms with van der Waals surface area (Å²) >= 11 is 0. The number of nitrogens with zero attached hydrogens (tertiary/aromatic N) is 2. The lowest BCUT2D eigenvalue weighted by Crippen LogP contribution is -2.73. The van der Waals surface area contributed by atoms with Crippen molar-refractivity contribution >= 4 is 17.8 Å². The first kappa shape index (κ1) is 31.5. The molecule has 2 aromatic rings. The number of rotatable bonds is 12. The minimum absolute atomic E-state index is 0.173. The van der Waals surface area contributed by atoms with Gasteiger partial charge in [-0.2, -0.15) is 0 Å². The van der Waals surface area contributed by atoms with E-state index in [1.807, 2.05) is 45.0 Å². The number of imide groups is 1. The molecule has 0 aliphatic carbocycles. The minimum atomic E-state index is -0.790. The largest absolute Gasteiger partial charge is 0.469 e. The van der Waals surface area contributed by atoms with Gasteiger partial charge in [0, 0.05) is 31.7 Å². The minimum Gasteiger partial charge on any atom is -0.469 e. The lowest BCUT2D eigenvalue weighted by atomic mass is 9.72. The Bertz CT molecular complexity index is 1200. The van der Waals surface area contributed by atoms with E-state index in [4.69, 9.17) is 4.74 Å². The van der Waals surface area contributed by atoms with Crippen LogP contribution in [0.1, 0.15) is 86.8 Å². The molecule has 0 saturated carbocycles. The number of piperidine rings is 1. The second-order valence-corrected chi connectivity index (χ2v) is 11.6. The predicted octanol–water partition coefficient (Wildman–Crippen LogP) is 4.79. The number of hydrogen-bond donors (Lipinski definition) is 3. The number of likely N-dealkylation sites (tertiary alicyclic amines) is 2. The van der Waals surface area contributed by atoms with Crippen molar-refractivity contribution in [3.8, 4) is 5.75 Å². The fraction of sp³-hybridized carbons (Fsp3) is 0.545. The predicted molar refractivity (Wildman–Crippen MR) is 162 cm³/mol. The molecule has 4 amide bonds. The Labute approximate surface area is 249 Å². The zero-order valence-corrected chi connectivity index (χ0v) is 25.4. The van der Waals surface area contributed by atoms with E-state index in [9.17, 15) is 19.5 Å². The van der Waals surface area contributed by atoms with Crippen LogP contribution in [0.4, 0.5) is 4.79 Å². The van der Waals surface area contributed by atoms with Crippen LogP contribution in [0.25, 0.3) is 0 Å². The molecule has 0 spiro atoms. The molecule has 42 heavy (non-hydrogen) atoms. The maximum absolute atomic E-state index is 13.5. The third kappa shape index (κ3) is 6.95. The van der Waals surface area contributed by atoms with Gasteiger partial charge in [-0.3, -0.25) is 9.59 Å². The number of urea groups is 1. The van der Waals surface area contributed by atoms with Gasteiger partial charge in [-0.1, -0.05) is 57.0 Å². The first-order valence-electron chi connectivity index (χ1n) is 15.4. The van der Waals surface area contributed by atoms with Gasteiger partial charge in [0.1, 0.15) is 11.2 Å². The Balaban J connectivity index is 1.40. The van der Waals surface area contributed by atoms with Gasteiger partial charge in [0.2, 0.25) is 5.91 Å². The molecule has 2 atom stereocenters. The molecule has 2 heterocycles. The maximum atomic E-state index is 13.5. The fourth-order valence-corrected chi connectivity index (χ4v) is 5.91. The van der Waals surface area contributed by atoms with Crippen LogP contribution in [0.2, 0.25) is 0 Å². The van der Waals surface area contributed by atoms with Crippen LogP contribution in [-0.2, 0) is 4.79 Å². The lowest BCUT2D eigenvalue weighted by Gasteiger charge is -2.53. The van der Waals surface area contributed by atoms with E-state index in [1.54, 1.807) is 24.3 Å². The highest BCUT2D eigenvalue weighted by Gasteiger charge is 2.63. The van der Waals surface area contributed by atoms with E-state index in [2.05, 4.69) is 22.5 Å². The average Bonchev–Trinajstić information content (AvgIpc) is 2.99. The number of benzene rings is 2. The molecular weight excluding hydrogens is 532 g/mol. The zero-order valence-electron chi connectivity index (χ0n) is 25.4. The molecule has 2 fully saturated rings. The first-order valence-corrected chi connectivity index (χ1v) is 15.4. The van der Waals surface area contributed by atoms with Gasteiger partial charge in [0.25, 0.3) is 5.91 Å². The van der Waals surface area contributed by atoms with Gasteiger partial charge in [0.15, 0.2) is 6.23 Å². The van der Waals surface area contributed by atoms with Crippen molar-refractivity contribution in [1.29, 1.82) is 0 Å². The van der Waals surface area contributed by atoms with E-state index in [0.717, 1.165) is 56.4 Å². The fourth-order valence-electron chi connectivity index (χ4n) is 5.91.